The van der Waals surface area contributed by atoms with Gasteiger partial charge in [0.15, 0.2) is 5.96 Å². The van der Waals surface area contributed by atoms with Gasteiger partial charge in [-0.25, -0.2) is 9.37 Å². The van der Waals surface area contributed by atoms with Gasteiger partial charge >= 0.3 is 0 Å². The number of aliphatic imine (C=N–C) groups is 1. The molecule has 0 aliphatic heterocycles. The van der Waals surface area contributed by atoms with Crippen LogP contribution in [-0.2, 0) is 13.0 Å². The van der Waals surface area contributed by atoms with Crippen LogP contribution in [0.3, 0.4) is 0 Å². The van der Waals surface area contributed by atoms with Crippen LogP contribution in [0.5, 0.6) is 0 Å². The molecule has 0 aliphatic carbocycles. The van der Waals surface area contributed by atoms with Crippen LogP contribution in [0.25, 0.3) is 0 Å². The molecule has 1 aromatic heterocycles. The minimum Gasteiger partial charge on any atom is -0.357 e. The zero-order chi connectivity index (χ0) is 17.9. The number of halogens is 2. The summed E-state index contributed by atoms with van der Waals surface area (Å²) in [5.41, 5.74) is 0.743. The molecule has 1 heterocycles. The molecule has 0 bridgehead atoms. The monoisotopic (exact) mass is 409 g/mol. The highest BCUT2D eigenvalue weighted by Crippen LogP contribution is 2.16. The lowest BCUT2D eigenvalue weighted by molar-refractivity contribution is 0.601. The van der Waals surface area contributed by atoms with Gasteiger partial charge in [0, 0.05) is 43.0 Å². The van der Waals surface area contributed by atoms with E-state index in [4.69, 9.17) is 0 Å². The van der Waals surface area contributed by atoms with Crippen LogP contribution in [0.1, 0.15) is 25.3 Å². The lowest BCUT2D eigenvalue weighted by atomic mass is 10.1. The average molecular weight is 410 g/mol. The lowest BCUT2D eigenvalue weighted by Gasteiger charge is -2.11. The van der Waals surface area contributed by atoms with Gasteiger partial charge in [0.2, 0.25) is 0 Å². The summed E-state index contributed by atoms with van der Waals surface area (Å²) in [6.45, 7) is 5.26. The second kappa shape index (κ2) is 10.9. The molecular formula is C18H25BrFN5. The normalized spacial score (nSPS) is 11.6. The van der Waals surface area contributed by atoms with Gasteiger partial charge in [0.05, 0.1) is 6.33 Å². The molecule has 136 valence electrons. The Balaban J connectivity index is 1.70. The number of nitrogens with zero attached hydrogens (tertiary/aromatic N) is 3. The largest absolute Gasteiger partial charge is 0.357 e. The van der Waals surface area contributed by atoms with Gasteiger partial charge in [-0.3, -0.25) is 4.99 Å². The molecule has 0 unspecified atom stereocenters. The predicted octanol–water partition coefficient (Wildman–Crippen LogP) is 3.36. The Labute approximate surface area is 156 Å². The van der Waals surface area contributed by atoms with Gasteiger partial charge in [0.1, 0.15) is 5.82 Å². The van der Waals surface area contributed by atoms with Crippen LogP contribution < -0.4 is 10.6 Å². The maximum Gasteiger partial charge on any atom is 0.191 e. The number of benzene rings is 1. The van der Waals surface area contributed by atoms with E-state index >= 15 is 0 Å². The fourth-order valence-corrected chi connectivity index (χ4v) is 2.75. The third kappa shape index (κ3) is 7.25. The molecule has 2 N–H and O–H groups in total. The summed E-state index contributed by atoms with van der Waals surface area (Å²) in [6.07, 6.45) is 8.05. The first-order chi connectivity index (χ1) is 12.2. The predicted molar refractivity (Wildman–Crippen MR) is 103 cm³/mol. The standard InChI is InChI=1S/C18H25BrFN5/c1-2-22-18(24-9-4-11-25-12-10-21-14-25)23-8-3-5-15-6-7-16(19)13-17(15)20/h6-7,10,12-14H,2-5,8-9,11H2,1H3,(H2,22,23,24). The van der Waals surface area contributed by atoms with E-state index in [2.05, 4.69) is 36.5 Å². The maximum atomic E-state index is 13.8. The molecular weight excluding hydrogens is 385 g/mol. The Morgan fingerprint density at radius 1 is 1.32 bits per heavy atom. The van der Waals surface area contributed by atoms with Gasteiger partial charge in [-0.2, -0.15) is 0 Å². The van der Waals surface area contributed by atoms with Gasteiger partial charge < -0.3 is 15.2 Å². The molecule has 2 aromatic rings. The molecule has 2 rings (SSSR count). The molecule has 0 saturated carbocycles. The molecule has 0 radical (unpaired) electrons. The molecule has 7 heteroatoms. The number of hydrogen-bond acceptors (Lipinski definition) is 2. The Hall–Kier alpha value is -1.89. The zero-order valence-corrected chi connectivity index (χ0v) is 16.1. The summed E-state index contributed by atoms with van der Waals surface area (Å²) in [7, 11) is 0. The summed E-state index contributed by atoms with van der Waals surface area (Å²) < 4.78 is 16.6. The van der Waals surface area contributed by atoms with E-state index in [0.29, 0.717) is 6.42 Å². The summed E-state index contributed by atoms with van der Waals surface area (Å²) >= 11 is 3.28. The summed E-state index contributed by atoms with van der Waals surface area (Å²) in [6, 6.07) is 5.21. The van der Waals surface area contributed by atoms with Crippen molar-refractivity contribution >= 4 is 21.9 Å². The molecule has 25 heavy (non-hydrogen) atoms. The second-order valence-corrected chi connectivity index (χ2v) is 6.60. The highest BCUT2D eigenvalue weighted by atomic mass is 79.9. The van der Waals surface area contributed by atoms with E-state index in [1.54, 1.807) is 6.20 Å². The van der Waals surface area contributed by atoms with Crippen LogP contribution in [-0.4, -0.2) is 35.1 Å². The molecule has 0 saturated heterocycles. The van der Waals surface area contributed by atoms with Crippen LogP contribution in [0.15, 0.2) is 46.4 Å². The van der Waals surface area contributed by atoms with E-state index in [9.17, 15) is 4.39 Å². The van der Waals surface area contributed by atoms with Crippen molar-refractivity contribution in [1.82, 2.24) is 20.2 Å². The highest BCUT2D eigenvalue weighted by Gasteiger charge is 2.03. The van der Waals surface area contributed by atoms with E-state index in [0.717, 1.165) is 55.0 Å². The van der Waals surface area contributed by atoms with Crippen molar-refractivity contribution in [1.29, 1.82) is 0 Å². The number of hydrogen-bond donors (Lipinski definition) is 2. The van der Waals surface area contributed by atoms with Gasteiger partial charge in [-0.1, -0.05) is 22.0 Å². The Morgan fingerprint density at radius 2 is 2.20 bits per heavy atom. The maximum absolute atomic E-state index is 13.8. The average Bonchev–Trinajstić information content (AvgIpc) is 3.10. The molecule has 5 nitrogen and oxygen atoms in total. The van der Waals surface area contributed by atoms with Crippen molar-refractivity contribution in [3.63, 3.8) is 0 Å². The number of rotatable bonds is 9. The first kappa shape index (κ1) is 19.4. The molecule has 0 spiro atoms. The van der Waals surface area contributed by atoms with E-state index in [1.807, 2.05) is 36.1 Å². The first-order valence-corrected chi connectivity index (χ1v) is 9.40. The fraction of sp³-hybridized carbons (Fsp3) is 0.444. The van der Waals surface area contributed by atoms with Crippen molar-refractivity contribution < 1.29 is 4.39 Å². The molecule has 0 fully saturated rings. The number of guanidine groups is 1. The highest BCUT2D eigenvalue weighted by molar-refractivity contribution is 9.10. The van der Waals surface area contributed by atoms with E-state index < -0.39 is 0 Å². The van der Waals surface area contributed by atoms with Crippen LogP contribution >= 0.6 is 15.9 Å². The molecule has 1 aromatic carbocycles. The first-order valence-electron chi connectivity index (χ1n) is 8.61. The number of nitrogens with one attached hydrogen (secondary N) is 2. The smallest absolute Gasteiger partial charge is 0.191 e. The van der Waals surface area contributed by atoms with Crippen molar-refractivity contribution in [3.05, 3.63) is 52.8 Å². The number of aromatic nitrogens is 2. The van der Waals surface area contributed by atoms with Crippen LogP contribution in [0, 0.1) is 5.82 Å². The van der Waals surface area contributed by atoms with Gasteiger partial charge in [-0.15, -0.1) is 0 Å². The number of imidazole rings is 1. The summed E-state index contributed by atoms with van der Waals surface area (Å²) in [4.78, 5) is 8.59. The minimum absolute atomic E-state index is 0.158. The van der Waals surface area contributed by atoms with Crippen molar-refractivity contribution in [2.24, 2.45) is 4.99 Å². The van der Waals surface area contributed by atoms with Crippen molar-refractivity contribution in [2.45, 2.75) is 32.7 Å². The fourth-order valence-electron chi connectivity index (χ4n) is 2.41. The lowest BCUT2D eigenvalue weighted by Crippen LogP contribution is -2.38. The quantitative estimate of drug-likeness (QED) is 0.379. The third-order valence-electron chi connectivity index (χ3n) is 3.68. The zero-order valence-electron chi connectivity index (χ0n) is 14.5. The summed E-state index contributed by atoms with van der Waals surface area (Å²) in [5.74, 6) is 0.652. The van der Waals surface area contributed by atoms with E-state index in [-0.39, 0.29) is 5.82 Å². The van der Waals surface area contributed by atoms with E-state index in [1.165, 1.54) is 6.07 Å². The topological polar surface area (TPSA) is 54.2 Å². The molecule has 0 aliphatic rings. The Kier molecular flexibility index (Phi) is 8.45. The second-order valence-electron chi connectivity index (χ2n) is 5.68. The molecule has 0 amide bonds. The van der Waals surface area contributed by atoms with Crippen molar-refractivity contribution in [2.75, 3.05) is 19.6 Å². The Morgan fingerprint density at radius 3 is 2.92 bits per heavy atom. The number of aryl methyl sites for hydroxylation is 2. The minimum atomic E-state index is -0.158. The van der Waals surface area contributed by atoms with Crippen molar-refractivity contribution in [3.8, 4) is 0 Å². The van der Waals surface area contributed by atoms with Crippen LogP contribution in [0.2, 0.25) is 0 Å². The van der Waals surface area contributed by atoms with Gasteiger partial charge in [0.25, 0.3) is 0 Å². The SMILES string of the molecule is CCNC(=NCCCn1ccnc1)NCCCc1ccc(Br)cc1F. The van der Waals surface area contributed by atoms with Gasteiger partial charge in [-0.05, 0) is 43.9 Å². The van der Waals surface area contributed by atoms with Crippen LogP contribution in [0.4, 0.5) is 4.39 Å². The summed E-state index contributed by atoms with van der Waals surface area (Å²) in [5, 5.41) is 6.54. The Bertz CT molecular complexity index is 657. The molecule has 0 atom stereocenters. The third-order valence-corrected chi connectivity index (χ3v) is 4.17.